The average molecular weight is 329 g/mol. The van der Waals surface area contributed by atoms with Crippen LogP contribution in [0.4, 0.5) is 4.79 Å². The topological polar surface area (TPSA) is 67.6 Å². The Labute approximate surface area is 141 Å². The summed E-state index contributed by atoms with van der Waals surface area (Å²) in [4.78, 5) is 18.0. The molecule has 1 atom stereocenters. The third kappa shape index (κ3) is 4.35. The lowest BCUT2D eigenvalue weighted by Gasteiger charge is -2.32. The number of pyridine rings is 1. The molecule has 0 aliphatic carbocycles. The van der Waals surface area contributed by atoms with Gasteiger partial charge in [0, 0.05) is 30.5 Å². The van der Waals surface area contributed by atoms with Crippen LogP contribution in [-0.4, -0.2) is 41.7 Å². The summed E-state index contributed by atoms with van der Waals surface area (Å²) in [5.74, 6) is 1.75. The van der Waals surface area contributed by atoms with Crippen LogP contribution in [0.2, 0.25) is 0 Å². The Morgan fingerprint density at radius 2 is 2.38 bits per heavy atom. The lowest BCUT2D eigenvalue weighted by atomic mass is 10.1. The molecule has 1 aliphatic rings. The lowest BCUT2D eigenvalue weighted by Crippen LogP contribution is -2.47. The molecule has 0 spiro atoms. The number of rotatable bonds is 5. The quantitative estimate of drug-likeness (QED) is 0.913. The number of piperidine rings is 1. The number of carbonyl (C=O) groups excluding carboxylic acids is 1. The smallest absolute Gasteiger partial charge is 0.407 e. The summed E-state index contributed by atoms with van der Waals surface area (Å²) < 4.78 is 10.9. The van der Waals surface area contributed by atoms with Crippen molar-refractivity contribution in [3.63, 3.8) is 0 Å². The fourth-order valence-corrected chi connectivity index (χ4v) is 3.00. The van der Waals surface area contributed by atoms with Crippen LogP contribution >= 0.6 is 0 Å². The minimum absolute atomic E-state index is 0.130. The van der Waals surface area contributed by atoms with Crippen molar-refractivity contribution < 1.29 is 13.9 Å². The molecule has 0 bridgehead atoms. The van der Waals surface area contributed by atoms with Crippen LogP contribution in [0.25, 0.3) is 11.3 Å². The van der Waals surface area contributed by atoms with Crippen LogP contribution in [0, 0.1) is 0 Å². The maximum Gasteiger partial charge on any atom is 0.407 e. The van der Waals surface area contributed by atoms with Crippen LogP contribution in [0.5, 0.6) is 0 Å². The van der Waals surface area contributed by atoms with E-state index in [1.54, 1.807) is 12.4 Å². The summed E-state index contributed by atoms with van der Waals surface area (Å²) in [7, 11) is 0. The molecule has 3 rings (SSSR count). The van der Waals surface area contributed by atoms with Gasteiger partial charge in [-0.2, -0.15) is 0 Å². The zero-order valence-electron chi connectivity index (χ0n) is 13.9. The second-order valence-corrected chi connectivity index (χ2v) is 5.95. The van der Waals surface area contributed by atoms with Crippen LogP contribution < -0.4 is 5.32 Å². The number of carbonyl (C=O) groups is 1. The number of nitrogens with zero attached hydrogens (tertiary/aromatic N) is 2. The van der Waals surface area contributed by atoms with Gasteiger partial charge >= 0.3 is 6.09 Å². The highest BCUT2D eigenvalue weighted by atomic mass is 16.5. The van der Waals surface area contributed by atoms with Crippen molar-refractivity contribution in [1.29, 1.82) is 0 Å². The Morgan fingerprint density at radius 3 is 3.17 bits per heavy atom. The van der Waals surface area contributed by atoms with E-state index in [4.69, 9.17) is 9.15 Å². The summed E-state index contributed by atoms with van der Waals surface area (Å²) >= 11 is 0. The summed E-state index contributed by atoms with van der Waals surface area (Å²) in [6, 6.07) is 7.99. The molecule has 1 N–H and O–H groups in total. The van der Waals surface area contributed by atoms with E-state index in [-0.39, 0.29) is 12.1 Å². The number of hydrogen-bond acceptors (Lipinski definition) is 5. The molecule has 24 heavy (non-hydrogen) atoms. The van der Waals surface area contributed by atoms with Gasteiger partial charge in [-0.3, -0.25) is 9.88 Å². The molecule has 3 heterocycles. The number of hydrogen-bond donors (Lipinski definition) is 1. The average Bonchev–Trinajstić information content (AvgIpc) is 3.05. The summed E-state index contributed by atoms with van der Waals surface area (Å²) in [6.45, 7) is 4.75. The van der Waals surface area contributed by atoms with Gasteiger partial charge in [0.05, 0.1) is 13.2 Å². The Kier molecular flexibility index (Phi) is 5.48. The van der Waals surface area contributed by atoms with E-state index in [0.29, 0.717) is 6.61 Å². The highest BCUT2D eigenvalue weighted by molar-refractivity contribution is 5.67. The van der Waals surface area contributed by atoms with E-state index in [1.165, 1.54) is 0 Å². The third-order valence-corrected chi connectivity index (χ3v) is 4.09. The van der Waals surface area contributed by atoms with Crippen molar-refractivity contribution in [3.05, 3.63) is 42.4 Å². The molecule has 1 aliphatic heterocycles. The minimum Gasteiger partial charge on any atom is -0.460 e. The van der Waals surface area contributed by atoms with Gasteiger partial charge in [-0.25, -0.2) is 4.79 Å². The van der Waals surface area contributed by atoms with Gasteiger partial charge < -0.3 is 14.5 Å². The van der Waals surface area contributed by atoms with E-state index < -0.39 is 0 Å². The van der Waals surface area contributed by atoms with Gasteiger partial charge in [0.2, 0.25) is 0 Å². The Hall–Kier alpha value is -2.34. The number of likely N-dealkylation sites (tertiary alicyclic amines) is 1. The molecular weight excluding hydrogens is 306 g/mol. The van der Waals surface area contributed by atoms with Gasteiger partial charge in [-0.1, -0.05) is 0 Å². The standard InChI is InChI=1S/C18H23N3O3/c1-2-23-18(22)20-15-6-4-10-21(12-15)13-16-7-8-17(24-16)14-5-3-9-19-11-14/h3,5,7-9,11,15H,2,4,6,10,12-13H2,1H3,(H,20,22). The normalized spacial score (nSPS) is 18.3. The molecule has 128 valence electrons. The lowest BCUT2D eigenvalue weighted by molar-refractivity contribution is 0.130. The van der Waals surface area contributed by atoms with Crippen molar-refractivity contribution in [3.8, 4) is 11.3 Å². The van der Waals surface area contributed by atoms with Crippen LogP contribution in [0.15, 0.2) is 41.1 Å². The second kappa shape index (κ2) is 7.97. The number of amides is 1. The molecule has 1 fully saturated rings. The number of nitrogens with one attached hydrogen (secondary N) is 1. The first-order valence-corrected chi connectivity index (χ1v) is 8.39. The monoisotopic (exact) mass is 329 g/mol. The molecule has 1 amide bonds. The van der Waals surface area contributed by atoms with Gasteiger partial charge in [0.15, 0.2) is 0 Å². The summed E-state index contributed by atoms with van der Waals surface area (Å²) in [5.41, 5.74) is 0.976. The zero-order chi connectivity index (χ0) is 16.8. The van der Waals surface area contributed by atoms with Crippen molar-refractivity contribution in [2.24, 2.45) is 0 Å². The first kappa shape index (κ1) is 16.5. The molecule has 6 heteroatoms. The van der Waals surface area contributed by atoms with E-state index in [0.717, 1.165) is 49.6 Å². The number of aromatic nitrogens is 1. The molecule has 2 aromatic rings. The highest BCUT2D eigenvalue weighted by Crippen LogP contribution is 2.22. The van der Waals surface area contributed by atoms with Crippen molar-refractivity contribution in [1.82, 2.24) is 15.2 Å². The van der Waals surface area contributed by atoms with E-state index in [2.05, 4.69) is 15.2 Å². The van der Waals surface area contributed by atoms with Crippen LogP contribution in [0.3, 0.4) is 0 Å². The molecular formula is C18H23N3O3. The Balaban J connectivity index is 1.56. The largest absolute Gasteiger partial charge is 0.460 e. The van der Waals surface area contributed by atoms with E-state index in [9.17, 15) is 4.79 Å². The fourth-order valence-electron chi connectivity index (χ4n) is 3.00. The molecule has 0 aromatic carbocycles. The van der Waals surface area contributed by atoms with E-state index >= 15 is 0 Å². The second-order valence-electron chi connectivity index (χ2n) is 5.95. The van der Waals surface area contributed by atoms with Gasteiger partial charge in [0.25, 0.3) is 0 Å². The predicted octanol–water partition coefficient (Wildman–Crippen LogP) is 3.05. The van der Waals surface area contributed by atoms with Gasteiger partial charge in [-0.15, -0.1) is 0 Å². The van der Waals surface area contributed by atoms with Gasteiger partial charge in [-0.05, 0) is 50.6 Å². The zero-order valence-corrected chi connectivity index (χ0v) is 13.9. The molecule has 2 aromatic heterocycles. The predicted molar refractivity (Wildman–Crippen MR) is 90.4 cm³/mol. The van der Waals surface area contributed by atoms with Crippen molar-refractivity contribution >= 4 is 6.09 Å². The van der Waals surface area contributed by atoms with Gasteiger partial charge in [0.1, 0.15) is 11.5 Å². The first-order valence-electron chi connectivity index (χ1n) is 8.39. The third-order valence-electron chi connectivity index (χ3n) is 4.09. The SMILES string of the molecule is CCOC(=O)NC1CCCN(Cc2ccc(-c3cccnc3)o2)C1. The maximum atomic E-state index is 11.6. The summed E-state index contributed by atoms with van der Waals surface area (Å²) in [5, 5.41) is 2.92. The van der Waals surface area contributed by atoms with Crippen molar-refractivity contribution in [2.45, 2.75) is 32.4 Å². The molecule has 1 saturated heterocycles. The minimum atomic E-state index is -0.332. The number of ether oxygens (including phenoxy) is 1. The Bertz CT molecular complexity index is 657. The van der Waals surface area contributed by atoms with E-state index in [1.807, 2.05) is 31.2 Å². The molecule has 0 saturated carbocycles. The first-order chi connectivity index (χ1) is 11.7. The summed E-state index contributed by atoms with van der Waals surface area (Å²) in [6.07, 6.45) is 5.24. The number of furan rings is 1. The van der Waals surface area contributed by atoms with Crippen molar-refractivity contribution in [2.75, 3.05) is 19.7 Å². The molecule has 0 radical (unpaired) electrons. The maximum absolute atomic E-state index is 11.6. The highest BCUT2D eigenvalue weighted by Gasteiger charge is 2.22. The van der Waals surface area contributed by atoms with Crippen LogP contribution in [-0.2, 0) is 11.3 Å². The molecule has 1 unspecified atom stereocenters. The molecule has 6 nitrogen and oxygen atoms in total. The number of alkyl carbamates (subject to hydrolysis) is 1. The Morgan fingerprint density at radius 1 is 1.46 bits per heavy atom. The fraction of sp³-hybridized carbons (Fsp3) is 0.444. The van der Waals surface area contributed by atoms with Crippen LogP contribution in [0.1, 0.15) is 25.5 Å².